The molecule has 0 amide bonds. The highest BCUT2D eigenvalue weighted by Gasteiger charge is 2.20. The van der Waals surface area contributed by atoms with E-state index in [0.29, 0.717) is 42.1 Å². The predicted octanol–water partition coefficient (Wildman–Crippen LogP) is 4.80. The molecule has 1 N–H and O–H groups in total. The van der Waals surface area contributed by atoms with Crippen LogP contribution in [0.4, 0.5) is 5.82 Å². The molecule has 0 aliphatic heterocycles. The standard InChI is InChI=1S/C26H25N5O2/c1-17-19(7-6-13-27)25(29-14-12-18-10-11-23(32-2)24(15-18)33-3)31-22-9-5-4-8-21(22)30-26(31)20(17)16-28/h4-5,8-11,15,29H,6-7,12,14H2,1-3H3. The summed E-state index contributed by atoms with van der Waals surface area (Å²) >= 11 is 0. The highest BCUT2D eigenvalue weighted by atomic mass is 16.5. The van der Waals surface area contributed by atoms with Crippen molar-refractivity contribution in [3.63, 3.8) is 0 Å². The first-order chi connectivity index (χ1) is 16.1. The molecule has 2 aromatic carbocycles. The summed E-state index contributed by atoms with van der Waals surface area (Å²) in [7, 11) is 3.25. The van der Waals surface area contributed by atoms with Crippen LogP contribution in [-0.2, 0) is 12.8 Å². The Balaban J connectivity index is 1.77. The third-order valence-corrected chi connectivity index (χ3v) is 5.87. The zero-order chi connectivity index (χ0) is 23.4. The molecular weight excluding hydrogens is 414 g/mol. The molecule has 0 spiro atoms. The molecule has 7 heteroatoms. The molecule has 2 aromatic heterocycles. The molecule has 0 unspecified atom stereocenters. The van der Waals surface area contributed by atoms with Crippen LogP contribution in [0.25, 0.3) is 16.7 Å². The normalized spacial score (nSPS) is 10.7. The largest absolute Gasteiger partial charge is 0.493 e. The second-order valence-corrected chi connectivity index (χ2v) is 7.72. The fourth-order valence-electron chi connectivity index (χ4n) is 4.22. The van der Waals surface area contributed by atoms with E-state index in [0.717, 1.165) is 40.0 Å². The minimum Gasteiger partial charge on any atom is -0.493 e. The van der Waals surface area contributed by atoms with Crippen LogP contribution in [0.15, 0.2) is 42.5 Å². The van der Waals surface area contributed by atoms with Gasteiger partial charge in [-0.2, -0.15) is 10.5 Å². The molecule has 166 valence electrons. The maximum atomic E-state index is 9.89. The Kier molecular flexibility index (Phi) is 6.33. The van der Waals surface area contributed by atoms with Gasteiger partial charge in [-0.1, -0.05) is 18.2 Å². The summed E-state index contributed by atoms with van der Waals surface area (Å²) in [6, 6.07) is 18.3. The Morgan fingerprint density at radius 1 is 1.03 bits per heavy atom. The predicted molar refractivity (Wildman–Crippen MR) is 128 cm³/mol. The molecule has 0 radical (unpaired) electrons. The van der Waals surface area contributed by atoms with Crippen LogP contribution in [-0.4, -0.2) is 30.1 Å². The van der Waals surface area contributed by atoms with Gasteiger partial charge in [0.2, 0.25) is 0 Å². The van der Waals surface area contributed by atoms with Crippen molar-refractivity contribution in [2.45, 2.75) is 26.2 Å². The maximum Gasteiger partial charge on any atom is 0.160 e. The third-order valence-electron chi connectivity index (χ3n) is 5.87. The number of para-hydroxylation sites is 2. The molecule has 7 nitrogen and oxygen atoms in total. The fraction of sp³-hybridized carbons (Fsp3) is 0.269. The number of rotatable bonds is 8. The summed E-state index contributed by atoms with van der Waals surface area (Å²) in [6.45, 7) is 2.59. The van der Waals surface area contributed by atoms with Gasteiger partial charge in [0.15, 0.2) is 17.1 Å². The van der Waals surface area contributed by atoms with Crippen molar-refractivity contribution < 1.29 is 9.47 Å². The molecule has 0 aliphatic carbocycles. The lowest BCUT2D eigenvalue weighted by molar-refractivity contribution is 0.354. The topological polar surface area (TPSA) is 95.4 Å². The van der Waals surface area contributed by atoms with Crippen LogP contribution in [0.1, 0.15) is 28.7 Å². The van der Waals surface area contributed by atoms with Crippen molar-refractivity contribution in [1.82, 2.24) is 9.38 Å². The first-order valence-corrected chi connectivity index (χ1v) is 10.8. The van der Waals surface area contributed by atoms with Gasteiger partial charge in [0.25, 0.3) is 0 Å². The van der Waals surface area contributed by atoms with E-state index in [1.807, 2.05) is 53.8 Å². The first kappa shape index (κ1) is 22.0. The highest BCUT2D eigenvalue weighted by molar-refractivity contribution is 5.86. The summed E-state index contributed by atoms with van der Waals surface area (Å²) in [5.41, 5.74) is 5.87. The van der Waals surface area contributed by atoms with E-state index in [2.05, 4.69) is 17.5 Å². The second-order valence-electron chi connectivity index (χ2n) is 7.72. The van der Waals surface area contributed by atoms with Gasteiger partial charge in [0.1, 0.15) is 11.9 Å². The molecule has 0 bridgehead atoms. The number of nitriles is 2. The van der Waals surface area contributed by atoms with Gasteiger partial charge < -0.3 is 14.8 Å². The summed E-state index contributed by atoms with van der Waals surface area (Å²) < 4.78 is 12.8. The van der Waals surface area contributed by atoms with E-state index in [1.54, 1.807) is 14.2 Å². The van der Waals surface area contributed by atoms with E-state index in [-0.39, 0.29) is 0 Å². The molecule has 33 heavy (non-hydrogen) atoms. The van der Waals surface area contributed by atoms with Crippen molar-refractivity contribution in [1.29, 1.82) is 10.5 Å². The van der Waals surface area contributed by atoms with Crippen LogP contribution in [0.5, 0.6) is 11.5 Å². The van der Waals surface area contributed by atoms with E-state index in [4.69, 9.17) is 14.5 Å². The summed E-state index contributed by atoms with van der Waals surface area (Å²) in [5.74, 6) is 2.27. The summed E-state index contributed by atoms with van der Waals surface area (Å²) in [5, 5.41) is 22.7. The van der Waals surface area contributed by atoms with Crippen LogP contribution in [0, 0.1) is 29.6 Å². The zero-order valence-electron chi connectivity index (χ0n) is 19.0. The molecule has 0 aliphatic rings. The Morgan fingerprint density at radius 2 is 1.82 bits per heavy atom. The van der Waals surface area contributed by atoms with Gasteiger partial charge in [-0.3, -0.25) is 4.40 Å². The highest BCUT2D eigenvalue weighted by Crippen LogP contribution is 2.32. The van der Waals surface area contributed by atoms with Crippen molar-refractivity contribution >= 4 is 22.5 Å². The lowest BCUT2D eigenvalue weighted by Gasteiger charge is -2.18. The number of nitrogens with zero attached hydrogens (tertiary/aromatic N) is 4. The number of imidazole rings is 1. The third kappa shape index (κ3) is 4.02. The Hall–Kier alpha value is -4.23. The van der Waals surface area contributed by atoms with Crippen LogP contribution in [0.3, 0.4) is 0 Å². The number of benzene rings is 2. The molecule has 0 saturated carbocycles. The van der Waals surface area contributed by atoms with Gasteiger partial charge in [0.05, 0.1) is 36.9 Å². The average Bonchev–Trinajstić information content (AvgIpc) is 3.22. The van der Waals surface area contributed by atoms with E-state index >= 15 is 0 Å². The van der Waals surface area contributed by atoms with Crippen molar-refractivity contribution in [2.75, 3.05) is 26.1 Å². The molecule has 0 atom stereocenters. The van der Waals surface area contributed by atoms with Gasteiger partial charge in [-0.15, -0.1) is 0 Å². The number of fused-ring (bicyclic) bond motifs is 3. The number of aromatic nitrogens is 2. The summed E-state index contributed by atoms with van der Waals surface area (Å²) in [4.78, 5) is 4.74. The van der Waals surface area contributed by atoms with Gasteiger partial charge in [0, 0.05) is 13.0 Å². The Labute approximate surface area is 192 Å². The lowest BCUT2D eigenvalue weighted by atomic mass is 10.0. The second kappa shape index (κ2) is 9.50. The SMILES string of the molecule is COc1ccc(CCNc2c(CCC#N)c(C)c(C#N)c3nc4ccccc4n23)cc1OC. The monoisotopic (exact) mass is 439 g/mol. The molecule has 0 saturated heterocycles. The number of anilines is 1. The van der Waals surface area contributed by atoms with Gasteiger partial charge in [-0.05, 0) is 60.7 Å². The maximum absolute atomic E-state index is 9.89. The molecular formula is C26H25N5O2. The number of hydrogen-bond acceptors (Lipinski definition) is 6. The van der Waals surface area contributed by atoms with Crippen molar-refractivity contribution in [2.24, 2.45) is 0 Å². The zero-order valence-corrected chi connectivity index (χ0v) is 19.0. The van der Waals surface area contributed by atoms with Crippen molar-refractivity contribution in [3.05, 3.63) is 64.7 Å². The Bertz CT molecular complexity index is 1410. The van der Waals surface area contributed by atoms with Crippen LogP contribution >= 0.6 is 0 Å². The van der Waals surface area contributed by atoms with Crippen LogP contribution < -0.4 is 14.8 Å². The number of ether oxygens (including phenoxy) is 2. The number of methoxy groups -OCH3 is 2. The molecule has 0 fully saturated rings. The summed E-state index contributed by atoms with van der Waals surface area (Å²) in [6.07, 6.45) is 1.68. The van der Waals surface area contributed by atoms with Gasteiger partial charge >= 0.3 is 0 Å². The minimum absolute atomic E-state index is 0.369. The molecule has 4 rings (SSSR count). The molecule has 2 heterocycles. The number of pyridine rings is 1. The molecule has 4 aromatic rings. The van der Waals surface area contributed by atoms with Crippen molar-refractivity contribution in [3.8, 4) is 23.6 Å². The Morgan fingerprint density at radius 3 is 2.55 bits per heavy atom. The van der Waals surface area contributed by atoms with Crippen LogP contribution in [0.2, 0.25) is 0 Å². The van der Waals surface area contributed by atoms with E-state index in [1.165, 1.54) is 0 Å². The van der Waals surface area contributed by atoms with E-state index in [9.17, 15) is 10.5 Å². The quantitative estimate of drug-likeness (QED) is 0.424. The fourth-order valence-corrected chi connectivity index (χ4v) is 4.22. The first-order valence-electron chi connectivity index (χ1n) is 10.8. The van der Waals surface area contributed by atoms with E-state index < -0.39 is 0 Å². The average molecular weight is 440 g/mol. The number of nitrogens with one attached hydrogen (secondary N) is 1. The lowest BCUT2D eigenvalue weighted by Crippen LogP contribution is -2.13. The minimum atomic E-state index is 0.369. The number of hydrogen-bond donors (Lipinski definition) is 1. The van der Waals surface area contributed by atoms with Gasteiger partial charge in [-0.25, -0.2) is 4.98 Å². The smallest absolute Gasteiger partial charge is 0.160 e.